The van der Waals surface area contributed by atoms with Gasteiger partial charge < -0.3 is 5.32 Å². The van der Waals surface area contributed by atoms with Crippen molar-refractivity contribution in [2.24, 2.45) is 0 Å². The molecular weight excluding hydrogens is 471 g/mol. The Balaban J connectivity index is 1.22. The van der Waals surface area contributed by atoms with E-state index in [4.69, 9.17) is 0 Å². The number of amides is 3. The molecule has 2 N–H and O–H groups in total. The smallest absolute Gasteiger partial charge is 0.259 e. The van der Waals surface area contributed by atoms with Crippen molar-refractivity contribution in [1.29, 1.82) is 0 Å². The highest BCUT2D eigenvalue weighted by Gasteiger charge is 2.40. The molecule has 3 aliphatic rings. The second kappa shape index (κ2) is 9.59. The van der Waals surface area contributed by atoms with Crippen molar-refractivity contribution in [3.8, 4) is 0 Å². The van der Waals surface area contributed by atoms with Gasteiger partial charge >= 0.3 is 0 Å². The van der Waals surface area contributed by atoms with Gasteiger partial charge in [0.2, 0.25) is 11.8 Å². The lowest BCUT2D eigenvalue weighted by molar-refractivity contribution is -0.134. The zero-order valence-corrected chi connectivity index (χ0v) is 20.6. The molecule has 2 fully saturated rings. The number of carbonyl (C=O) groups is 3. The average Bonchev–Trinajstić information content (AvgIpc) is 3.18. The Morgan fingerprint density at radius 1 is 1.00 bits per heavy atom. The summed E-state index contributed by atoms with van der Waals surface area (Å²) in [5, 5.41) is 7.40. The number of nitrogens with one attached hydrogen (secondary N) is 2. The predicted molar refractivity (Wildman–Crippen MR) is 140 cm³/mol. The van der Waals surface area contributed by atoms with Crippen molar-refractivity contribution in [2.45, 2.75) is 51.2 Å². The summed E-state index contributed by atoms with van der Waals surface area (Å²) < 4.78 is 14.9. The van der Waals surface area contributed by atoms with E-state index in [0.717, 1.165) is 40.7 Å². The summed E-state index contributed by atoms with van der Waals surface area (Å²) in [5.74, 6) is -1.18. The minimum atomic E-state index is -0.717. The average molecular weight is 501 g/mol. The number of benzene rings is 3. The predicted octanol–water partition coefficient (Wildman–Crippen LogP) is 4.34. The number of carbonyl (C=O) groups excluding carboxylic acids is 3. The maximum atomic E-state index is 14.9. The van der Waals surface area contributed by atoms with E-state index in [1.165, 1.54) is 24.2 Å². The van der Waals surface area contributed by atoms with Crippen LogP contribution in [0.25, 0.3) is 10.8 Å². The Kier molecular flexibility index (Phi) is 6.12. The highest BCUT2D eigenvalue weighted by atomic mass is 19.1. The van der Waals surface area contributed by atoms with Crippen LogP contribution in [0.5, 0.6) is 0 Å². The molecule has 0 bridgehead atoms. The van der Waals surface area contributed by atoms with Crippen LogP contribution in [0.15, 0.2) is 48.5 Å². The summed E-state index contributed by atoms with van der Waals surface area (Å²) in [4.78, 5) is 41.3. The number of anilines is 2. The van der Waals surface area contributed by atoms with Gasteiger partial charge in [-0.2, -0.15) is 0 Å². The summed E-state index contributed by atoms with van der Waals surface area (Å²) in [6, 6.07) is 14.0. The first-order chi connectivity index (χ1) is 18.0. The maximum absolute atomic E-state index is 14.9. The largest absolute Gasteiger partial charge is 0.380 e. The number of piperidine rings is 2. The second-order valence-corrected chi connectivity index (χ2v) is 10.1. The highest BCUT2D eigenvalue weighted by molar-refractivity contribution is 6.28. The second-order valence-electron chi connectivity index (χ2n) is 10.1. The zero-order chi connectivity index (χ0) is 25.5. The lowest BCUT2D eigenvalue weighted by Crippen LogP contribution is -2.53. The van der Waals surface area contributed by atoms with Crippen LogP contribution in [0, 0.1) is 5.82 Å². The number of nitrogens with zero attached hydrogens (tertiary/aromatic N) is 2. The van der Waals surface area contributed by atoms with Crippen LogP contribution in [0.4, 0.5) is 15.8 Å². The molecule has 2 saturated heterocycles. The minimum absolute atomic E-state index is 0.184. The van der Waals surface area contributed by atoms with Crippen LogP contribution in [0.2, 0.25) is 0 Å². The number of hydrogen-bond acceptors (Lipinski definition) is 5. The summed E-state index contributed by atoms with van der Waals surface area (Å²) in [6.07, 6.45) is 4.10. The minimum Gasteiger partial charge on any atom is -0.380 e. The van der Waals surface area contributed by atoms with Gasteiger partial charge in [-0.25, -0.2) is 4.39 Å². The first kappa shape index (κ1) is 23.6. The first-order valence-electron chi connectivity index (χ1n) is 13.0. The number of likely N-dealkylation sites (tertiary alicyclic amines) is 1. The third-order valence-corrected chi connectivity index (χ3v) is 7.69. The molecule has 7 nitrogen and oxygen atoms in total. The fourth-order valence-electron chi connectivity index (χ4n) is 5.78. The summed E-state index contributed by atoms with van der Waals surface area (Å²) in [7, 11) is 0. The lowest BCUT2D eigenvalue weighted by atomic mass is 10.0. The van der Waals surface area contributed by atoms with Crippen LogP contribution in [0.1, 0.15) is 53.6 Å². The molecule has 0 aliphatic carbocycles. The maximum Gasteiger partial charge on any atom is 0.259 e. The van der Waals surface area contributed by atoms with E-state index < -0.39 is 11.9 Å². The van der Waals surface area contributed by atoms with Crippen molar-refractivity contribution in [3.63, 3.8) is 0 Å². The number of rotatable bonds is 6. The summed E-state index contributed by atoms with van der Waals surface area (Å²) in [5.41, 5.74) is 3.60. The quantitative estimate of drug-likeness (QED) is 0.492. The van der Waals surface area contributed by atoms with Crippen LogP contribution in [-0.2, 0) is 22.7 Å². The number of hydrogen-bond donors (Lipinski definition) is 2. The molecule has 3 aromatic rings. The van der Waals surface area contributed by atoms with Crippen LogP contribution >= 0.6 is 0 Å². The lowest BCUT2D eigenvalue weighted by Gasteiger charge is -2.30. The molecular formula is C29H29FN4O3. The molecule has 1 unspecified atom stereocenters. The third kappa shape index (κ3) is 4.35. The summed E-state index contributed by atoms with van der Waals surface area (Å²) in [6.45, 7) is 3.13. The van der Waals surface area contributed by atoms with Crippen LogP contribution in [-0.4, -0.2) is 41.8 Å². The number of halogens is 1. The van der Waals surface area contributed by atoms with Crippen molar-refractivity contribution < 1.29 is 18.8 Å². The molecule has 3 aromatic carbocycles. The Morgan fingerprint density at radius 2 is 1.84 bits per heavy atom. The van der Waals surface area contributed by atoms with Crippen LogP contribution < -0.4 is 15.5 Å². The van der Waals surface area contributed by atoms with Gasteiger partial charge in [0, 0.05) is 47.1 Å². The zero-order valence-electron chi connectivity index (χ0n) is 20.6. The highest BCUT2D eigenvalue weighted by Crippen LogP contribution is 2.42. The Labute approximate surface area is 214 Å². The van der Waals surface area contributed by atoms with Gasteiger partial charge in [0.05, 0.1) is 5.69 Å². The fourth-order valence-corrected chi connectivity index (χ4v) is 5.78. The Hall–Kier alpha value is -3.78. The molecule has 0 aromatic heterocycles. The van der Waals surface area contributed by atoms with Crippen molar-refractivity contribution in [2.75, 3.05) is 23.3 Å². The number of imide groups is 1. The van der Waals surface area contributed by atoms with E-state index in [0.29, 0.717) is 30.8 Å². The van der Waals surface area contributed by atoms with Gasteiger partial charge in [-0.15, -0.1) is 0 Å². The Bertz CT molecular complexity index is 1420. The van der Waals surface area contributed by atoms with Crippen molar-refractivity contribution in [3.05, 3.63) is 71.0 Å². The molecule has 3 aliphatic heterocycles. The van der Waals surface area contributed by atoms with Gasteiger partial charge in [0.15, 0.2) is 0 Å². The van der Waals surface area contributed by atoms with Gasteiger partial charge in [0.25, 0.3) is 5.91 Å². The molecule has 1 atom stereocenters. The van der Waals surface area contributed by atoms with E-state index in [1.807, 2.05) is 36.4 Å². The standard InChI is InChI=1S/C29H29FN4O3/c30-22-15-18(7-8-19(22)17-33-13-2-1-3-14-33)16-31-23-9-10-24-27-20(23)5-4-6-21(27)29(37)34(24)25-11-12-26(35)32-28(25)36/h4-10,15,25,31H,1-3,11-14,16-17H2,(H,32,35,36). The molecule has 6 rings (SSSR count). The molecule has 37 heavy (non-hydrogen) atoms. The van der Waals surface area contributed by atoms with E-state index >= 15 is 0 Å². The normalized spacial score (nSPS) is 20.0. The van der Waals surface area contributed by atoms with E-state index in [-0.39, 0.29) is 24.1 Å². The SMILES string of the molecule is O=C1CCC(N2C(=O)c3cccc4c(NCc5ccc(CN6CCCCC6)c(F)c5)ccc2c34)C(=O)N1. The monoisotopic (exact) mass is 500 g/mol. The molecule has 0 saturated carbocycles. The summed E-state index contributed by atoms with van der Waals surface area (Å²) >= 11 is 0. The molecule has 0 spiro atoms. The van der Waals surface area contributed by atoms with E-state index in [2.05, 4.69) is 15.5 Å². The molecule has 8 heteroatoms. The van der Waals surface area contributed by atoms with Gasteiger partial charge in [-0.3, -0.25) is 29.5 Å². The van der Waals surface area contributed by atoms with E-state index in [1.54, 1.807) is 12.1 Å². The fraction of sp³-hybridized carbons (Fsp3) is 0.345. The van der Waals surface area contributed by atoms with Gasteiger partial charge in [-0.1, -0.05) is 30.7 Å². The van der Waals surface area contributed by atoms with Crippen molar-refractivity contribution in [1.82, 2.24) is 10.2 Å². The van der Waals surface area contributed by atoms with Crippen molar-refractivity contribution >= 4 is 39.9 Å². The third-order valence-electron chi connectivity index (χ3n) is 7.69. The molecule has 190 valence electrons. The molecule has 0 radical (unpaired) electrons. The topological polar surface area (TPSA) is 81.8 Å². The van der Waals surface area contributed by atoms with Gasteiger partial charge in [0.1, 0.15) is 11.9 Å². The van der Waals surface area contributed by atoms with Crippen LogP contribution in [0.3, 0.4) is 0 Å². The molecule has 3 heterocycles. The Morgan fingerprint density at radius 3 is 2.62 bits per heavy atom. The molecule has 3 amide bonds. The first-order valence-corrected chi connectivity index (χ1v) is 13.0. The van der Waals surface area contributed by atoms with Gasteiger partial charge in [-0.05, 0) is 62.2 Å². The van der Waals surface area contributed by atoms with E-state index in [9.17, 15) is 18.8 Å².